The third kappa shape index (κ3) is 3.11. The summed E-state index contributed by atoms with van der Waals surface area (Å²) in [5.41, 5.74) is -0.838. The summed E-state index contributed by atoms with van der Waals surface area (Å²) in [7, 11) is 0. The second-order valence-corrected chi connectivity index (χ2v) is 7.83. The van der Waals surface area contributed by atoms with Gasteiger partial charge in [0.25, 0.3) is 0 Å². The summed E-state index contributed by atoms with van der Waals surface area (Å²) < 4.78 is 0. The largest absolute Gasteiger partial charge is 0.371 e. The molecule has 134 valence electrons. The van der Waals surface area contributed by atoms with Crippen molar-refractivity contribution in [1.29, 1.82) is 0 Å². The summed E-state index contributed by atoms with van der Waals surface area (Å²) in [5.74, 6) is 0. The van der Waals surface area contributed by atoms with Gasteiger partial charge in [0.15, 0.2) is 0 Å². The van der Waals surface area contributed by atoms with Crippen LogP contribution < -0.4 is 4.90 Å². The monoisotopic (exact) mass is 340 g/mol. The number of unbranched alkanes of at least 4 members (excludes halogenated alkanes) is 1. The Morgan fingerprint density at radius 1 is 1.08 bits per heavy atom. The van der Waals surface area contributed by atoms with E-state index in [1.54, 1.807) is 11.8 Å². The zero-order chi connectivity index (χ0) is 18.2. The second kappa shape index (κ2) is 6.34. The van der Waals surface area contributed by atoms with Crippen LogP contribution in [0.15, 0.2) is 42.5 Å². The van der Waals surface area contributed by atoms with Gasteiger partial charge in [-0.05, 0) is 38.6 Å². The maximum absolute atomic E-state index is 13.4. The van der Waals surface area contributed by atoms with Crippen molar-refractivity contribution >= 4 is 22.5 Å². The van der Waals surface area contributed by atoms with Crippen LogP contribution in [0, 0.1) is 0 Å². The molecule has 4 heteroatoms. The Kier molecular flexibility index (Phi) is 4.50. The van der Waals surface area contributed by atoms with E-state index in [2.05, 4.69) is 6.92 Å². The molecule has 4 nitrogen and oxygen atoms in total. The van der Waals surface area contributed by atoms with E-state index in [1.165, 1.54) is 0 Å². The van der Waals surface area contributed by atoms with E-state index < -0.39 is 5.72 Å². The Hall–Kier alpha value is -2.07. The topological polar surface area (TPSA) is 43.8 Å². The SMILES string of the molecule is CCCCN1C(=O)N(c2cccc3ccccc23)C(C)(O)CC1(C)C. The lowest BCUT2D eigenvalue weighted by molar-refractivity contribution is -0.0254. The van der Waals surface area contributed by atoms with Gasteiger partial charge in [-0.25, -0.2) is 4.79 Å². The molecule has 0 radical (unpaired) electrons. The Morgan fingerprint density at radius 3 is 2.48 bits per heavy atom. The van der Waals surface area contributed by atoms with Crippen LogP contribution in [-0.4, -0.2) is 33.8 Å². The van der Waals surface area contributed by atoms with Crippen LogP contribution in [0.4, 0.5) is 10.5 Å². The number of carbonyl (C=O) groups is 1. The number of aliphatic hydroxyl groups is 1. The van der Waals surface area contributed by atoms with Gasteiger partial charge >= 0.3 is 6.03 Å². The average molecular weight is 340 g/mol. The molecule has 1 saturated heterocycles. The lowest BCUT2D eigenvalue weighted by Crippen LogP contribution is -2.68. The van der Waals surface area contributed by atoms with Crippen LogP contribution in [0.5, 0.6) is 0 Å². The molecule has 3 rings (SSSR count). The van der Waals surface area contributed by atoms with Crippen LogP contribution >= 0.6 is 0 Å². The van der Waals surface area contributed by atoms with E-state index >= 15 is 0 Å². The van der Waals surface area contributed by atoms with E-state index in [4.69, 9.17) is 0 Å². The van der Waals surface area contributed by atoms with E-state index in [0.29, 0.717) is 13.0 Å². The van der Waals surface area contributed by atoms with Crippen LogP contribution in [0.25, 0.3) is 10.8 Å². The molecule has 25 heavy (non-hydrogen) atoms. The van der Waals surface area contributed by atoms with E-state index in [-0.39, 0.29) is 11.6 Å². The van der Waals surface area contributed by atoms with Crippen molar-refractivity contribution in [3.63, 3.8) is 0 Å². The predicted octanol–water partition coefficient (Wildman–Crippen LogP) is 4.76. The number of hydrogen-bond donors (Lipinski definition) is 1. The van der Waals surface area contributed by atoms with Crippen molar-refractivity contribution in [3.8, 4) is 0 Å². The molecule has 2 aromatic rings. The summed E-state index contributed by atoms with van der Waals surface area (Å²) in [6, 6.07) is 13.8. The quantitative estimate of drug-likeness (QED) is 0.872. The zero-order valence-corrected chi connectivity index (χ0v) is 15.6. The highest BCUT2D eigenvalue weighted by Crippen LogP contribution is 2.41. The number of fused-ring (bicyclic) bond motifs is 1. The molecular formula is C21H28N2O2. The van der Waals surface area contributed by atoms with Crippen LogP contribution in [0.1, 0.15) is 47.0 Å². The van der Waals surface area contributed by atoms with Gasteiger partial charge in [0.2, 0.25) is 0 Å². The summed E-state index contributed by atoms with van der Waals surface area (Å²) in [6.45, 7) is 8.65. The minimum atomic E-state index is -1.23. The Bertz CT molecular complexity index is 777. The molecule has 1 aliphatic rings. The molecular weight excluding hydrogens is 312 g/mol. The van der Waals surface area contributed by atoms with Crippen LogP contribution in [-0.2, 0) is 0 Å². The highest BCUT2D eigenvalue weighted by Gasteiger charge is 2.50. The molecule has 2 amide bonds. The Balaban J connectivity index is 2.11. The van der Waals surface area contributed by atoms with Gasteiger partial charge in [-0.3, -0.25) is 4.90 Å². The van der Waals surface area contributed by atoms with Gasteiger partial charge < -0.3 is 10.0 Å². The molecule has 0 bridgehead atoms. The Morgan fingerprint density at radius 2 is 1.76 bits per heavy atom. The first-order chi connectivity index (χ1) is 11.8. The predicted molar refractivity (Wildman–Crippen MR) is 103 cm³/mol. The normalized spacial score (nSPS) is 23.3. The molecule has 1 unspecified atom stereocenters. The van der Waals surface area contributed by atoms with Gasteiger partial charge in [-0.1, -0.05) is 49.7 Å². The molecule has 1 atom stereocenters. The van der Waals surface area contributed by atoms with Crippen molar-refractivity contribution in [3.05, 3.63) is 42.5 Å². The first-order valence-corrected chi connectivity index (χ1v) is 9.10. The number of benzene rings is 2. The smallest absolute Gasteiger partial charge is 0.327 e. The van der Waals surface area contributed by atoms with Gasteiger partial charge in [-0.15, -0.1) is 0 Å². The maximum atomic E-state index is 13.4. The molecule has 1 heterocycles. The molecule has 0 aromatic heterocycles. The third-order valence-corrected chi connectivity index (χ3v) is 5.14. The highest BCUT2D eigenvalue weighted by atomic mass is 16.3. The molecule has 0 aliphatic carbocycles. The lowest BCUT2D eigenvalue weighted by Gasteiger charge is -2.53. The van der Waals surface area contributed by atoms with Crippen molar-refractivity contribution in [2.75, 3.05) is 11.4 Å². The summed E-state index contributed by atoms with van der Waals surface area (Å²) in [4.78, 5) is 16.9. The number of rotatable bonds is 4. The lowest BCUT2D eigenvalue weighted by atomic mass is 9.87. The Labute approximate surface area is 150 Å². The highest BCUT2D eigenvalue weighted by molar-refractivity contribution is 6.04. The van der Waals surface area contributed by atoms with E-state index in [0.717, 1.165) is 29.3 Å². The standard InChI is InChI=1S/C21H28N2O2/c1-5-6-14-22-19(24)23(21(4,25)15-20(22,2)3)18-13-9-11-16-10-7-8-12-17(16)18/h7-13,25H,5-6,14-15H2,1-4H3. The van der Waals surface area contributed by atoms with E-state index in [1.807, 2.05) is 61.2 Å². The molecule has 1 fully saturated rings. The minimum Gasteiger partial charge on any atom is -0.371 e. The number of hydrogen-bond acceptors (Lipinski definition) is 2. The number of amides is 2. The summed E-state index contributed by atoms with van der Waals surface area (Å²) in [5, 5.41) is 13.2. The molecule has 0 saturated carbocycles. The number of nitrogens with zero attached hydrogens (tertiary/aromatic N) is 2. The fourth-order valence-electron chi connectivity index (χ4n) is 4.06. The van der Waals surface area contributed by atoms with Gasteiger partial charge in [-0.2, -0.15) is 0 Å². The fraction of sp³-hybridized carbons (Fsp3) is 0.476. The molecule has 1 aliphatic heterocycles. The number of anilines is 1. The zero-order valence-electron chi connectivity index (χ0n) is 15.6. The van der Waals surface area contributed by atoms with Crippen LogP contribution in [0.3, 0.4) is 0 Å². The second-order valence-electron chi connectivity index (χ2n) is 7.83. The van der Waals surface area contributed by atoms with Gasteiger partial charge in [0.1, 0.15) is 5.72 Å². The van der Waals surface area contributed by atoms with Crippen molar-refractivity contribution in [1.82, 2.24) is 4.90 Å². The molecule has 0 spiro atoms. The fourth-order valence-corrected chi connectivity index (χ4v) is 4.06. The van der Waals surface area contributed by atoms with Crippen molar-refractivity contribution in [2.45, 2.75) is 58.2 Å². The number of urea groups is 1. The first kappa shape index (κ1) is 17.7. The van der Waals surface area contributed by atoms with Crippen LogP contribution in [0.2, 0.25) is 0 Å². The minimum absolute atomic E-state index is 0.119. The number of carbonyl (C=O) groups excluding carboxylic acids is 1. The van der Waals surface area contributed by atoms with Gasteiger partial charge in [0, 0.05) is 23.9 Å². The van der Waals surface area contributed by atoms with Crippen molar-refractivity contribution < 1.29 is 9.90 Å². The maximum Gasteiger partial charge on any atom is 0.327 e. The van der Waals surface area contributed by atoms with E-state index in [9.17, 15) is 9.90 Å². The molecule has 1 N–H and O–H groups in total. The summed E-state index contributed by atoms with van der Waals surface area (Å²) in [6.07, 6.45) is 2.49. The van der Waals surface area contributed by atoms with Gasteiger partial charge in [0.05, 0.1) is 5.69 Å². The first-order valence-electron chi connectivity index (χ1n) is 9.10. The van der Waals surface area contributed by atoms with Crippen molar-refractivity contribution in [2.24, 2.45) is 0 Å². The molecule has 2 aromatic carbocycles. The average Bonchev–Trinajstić information content (AvgIpc) is 2.53. The summed E-state index contributed by atoms with van der Waals surface area (Å²) >= 11 is 0. The third-order valence-electron chi connectivity index (χ3n) is 5.14.